The van der Waals surface area contributed by atoms with Crippen LogP contribution in [0.25, 0.3) is 0 Å². The van der Waals surface area contributed by atoms with Gasteiger partial charge in [-0.25, -0.2) is 0 Å². The van der Waals surface area contributed by atoms with Crippen molar-refractivity contribution in [3.05, 3.63) is 30.1 Å². The number of amides is 2. The summed E-state index contributed by atoms with van der Waals surface area (Å²) in [5.41, 5.74) is 0.463. The SMILES string of the molecule is CC(C)(C)CC(=O)N1CCN(C(=O)c2ccccn2)CC1. The summed E-state index contributed by atoms with van der Waals surface area (Å²) in [7, 11) is 0. The molecule has 0 radical (unpaired) electrons. The van der Waals surface area contributed by atoms with Gasteiger partial charge in [-0.1, -0.05) is 26.8 Å². The lowest BCUT2D eigenvalue weighted by molar-refractivity contribution is -0.134. The van der Waals surface area contributed by atoms with Crippen molar-refractivity contribution in [2.45, 2.75) is 27.2 Å². The minimum absolute atomic E-state index is 0.00199. The van der Waals surface area contributed by atoms with Crippen LogP contribution in [0.4, 0.5) is 0 Å². The molecular formula is C16H23N3O2. The summed E-state index contributed by atoms with van der Waals surface area (Å²) >= 11 is 0. The Morgan fingerprint density at radius 1 is 1.10 bits per heavy atom. The summed E-state index contributed by atoms with van der Waals surface area (Å²) in [4.78, 5) is 32.1. The highest BCUT2D eigenvalue weighted by molar-refractivity contribution is 5.92. The Kier molecular flexibility index (Phi) is 4.60. The molecule has 0 aliphatic carbocycles. The normalized spacial score (nSPS) is 16.0. The summed E-state index contributed by atoms with van der Waals surface area (Å²) in [6.07, 6.45) is 2.16. The van der Waals surface area contributed by atoms with Gasteiger partial charge in [-0.15, -0.1) is 0 Å². The van der Waals surface area contributed by atoms with E-state index in [-0.39, 0.29) is 17.2 Å². The van der Waals surface area contributed by atoms with Crippen LogP contribution in [0.5, 0.6) is 0 Å². The minimum Gasteiger partial charge on any atom is -0.339 e. The van der Waals surface area contributed by atoms with Crippen molar-refractivity contribution in [1.82, 2.24) is 14.8 Å². The van der Waals surface area contributed by atoms with E-state index in [4.69, 9.17) is 0 Å². The number of carbonyl (C=O) groups is 2. The van der Waals surface area contributed by atoms with Gasteiger partial charge in [0, 0.05) is 38.8 Å². The van der Waals surface area contributed by atoms with E-state index >= 15 is 0 Å². The van der Waals surface area contributed by atoms with E-state index in [0.717, 1.165) is 0 Å². The summed E-state index contributed by atoms with van der Waals surface area (Å²) < 4.78 is 0. The van der Waals surface area contributed by atoms with Gasteiger partial charge >= 0.3 is 0 Å². The van der Waals surface area contributed by atoms with Crippen LogP contribution in [0.15, 0.2) is 24.4 Å². The Bertz CT molecular complexity index is 500. The van der Waals surface area contributed by atoms with Gasteiger partial charge in [0.25, 0.3) is 5.91 Å². The summed E-state index contributed by atoms with van der Waals surface area (Å²) in [6, 6.07) is 5.32. The van der Waals surface area contributed by atoms with Crippen molar-refractivity contribution in [3.63, 3.8) is 0 Å². The molecule has 1 aliphatic heterocycles. The molecule has 0 spiro atoms. The Morgan fingerprint density at radius 2 is 1.71 bits per heavy atom. The van der Waals surface area contributed by atoms with Crippen LogP contribution in [0.2, 0.25) is 0 Å². The number of hydrogen-bond donors (Lipinski definition) is 0. The van der Waals surface area contributed by atoms with Gasteiger partial charge in [-0.3, -0.25) is 14.6 Å². The van der Waals surface area contributed by atoms with Gasteiger partial charge in [0.2, 0.25) is 5.91 Å². The molecule has 0 saturated carbocycles. The lowest BCUT2D eigenvalue weighted by Gasteiger charge is -2.35. The van der Waals surface area contributed by atoms with E-state index < -0.39 is 0 Å². The fraction of sp³-hybridized carbons (Fsp3) is 0.562. The third kappa shape index (κ3) is 4.28. The highest BCUT2D eigenvalue weighted by atomic mass is 16.2. The number of rotatable bonds is 2. The average Bonchev–Trinajstić information content (AvgIpc) is 2.46. The third-order valence-electron chi connectivity index (χ3n) is 3.49. The fourth-order valence-corrected chi connectivity index (χ4v) is 2.38. The molecule has 114 valence electrons. The quantitative estimate of drug-likeness (QED) is 0.834. The first-order valence-corrected chi connectivity index (χ1v) is 7.35. The molecule has 5 heteroatoms. The number of hydrogen-bond acceptors (Lipinski definition) is 3. The van der Waals surface area contributed by atoms with Crippen molar-refractivity contribution in [3.8, 4) is 0 Å². The molecule has 1 saturated heterocycles. The van der Waals surface area contributed by atoms with Gasteiger partial charge in [-0.2, -0.15) is 0 Å². The Hall–Kier alpha value is -1.91. The standard InChI is InChI=1S/C16H23N3O2/c1-16(2,3)12-14(20)18-8-10-19(11-9-18)15(21)13-6-4-5-7-17-13/h4-7H,8-12H2,1-3H3. The summed E-state index contributed by atoms with van der Waals surface area (Å²) in [5, 5.41) is 0. The molecule has 0 aromatic carbocycles. The Balaban J connectivity index is 1.89. The van der Waals surface area contributed by atoms with Crippen molar-refractivity contribution in [2.75, 3.05) is 26.2 Å². The summed E-state index contributed by atoms with van der Waals surface area (Å²) in [6.45, 7) is 8.54. The monoisotopic (exact) mass is 289 g/mol. The zero-order chi connectivity index (χ0) is 15.5. The lowest BCUT2D eigenvalue weighted by Crippen LogP contribution is -2.51. The number of aromatic nitrogens is 1. The zero-order valence-electron chi connectivity index (χ0n) is 13.0. The summed E-state index contributed by atoms with van der Waals surface area (Å²) in [5.74, 6) is 0.117. The van der Waals surface area contributed by atoms with E-state index in [1.54, 1.807) is 23.2 Å². The molecule has 2 rings (SSSR count). The highest BCUT2D eigenvalue weighted by Gasteiger charge is 2.27. The van der Waals surface area contributed by atoms with Crippen LogP contribution in [0, 0.1) is 5.41 Å². The van der Waals surface area contributed by atoms with E-state index in [2.05, 4.69) is 25.8 Å². The minimum atomic E-state index is -0.0569. The number of carbonyl (C=O) groups excluding carboxylic acids is 2. The number of pyridine rings is 1. The maximum atomic E-state index is 12.3. The molecule has 0 unspecified atom stereocenters. The van der Waals surface area contributed by atoms with E-state index in [1.807, 2.05) is 11.0 Å². The second-order valence-corrected chi connectivity index (χ2v) is 6.63. The van der Waals surface area contributed by atoms with Crippen molar-refractivity contribution < 1.29 is 9.59 Å². The van der Waals surface area contributed by atoms with E-state index in [1.165, 1.54) is 0 Å². The number of piperazine rings is 1. The van der Waals surface area contributed by atoms with E-state index in [0.29, 0.717) is 38.3 Å². The maximum Gasteiger partial charge on any atom is 0.272 e. The molecule has 21 heavy (non-hydrogen) atoms. The van der Waals surface area contributed by atoms with Gasteiger partial charge < -0.3 is 9.80 Å². The highest BCUT2D eigenvalue weighted by Crippen LogP contribution is 2.20. The van der Waals surface area contributed by atoms with Crippen molar-refractivity contribution in [1.29, 1.82) is 0 Å². The number of nitrogens with zero attached hydrogens (tertiary/aromatic N) is 3. The molecule has 1 aromatic rings. The Morgan fingerprint density at radius 3 is 2.24 bits per heavy atom. The Labute approximate surface area is 126 Å². The largest absolute Gasteiger partial charge is 0.339 e. The predicted octanol–water partition coefficient (Wildman–Crippen LogP) is 1.80. The molecule has 0 bridgehead atoms. The van der Waals surface area contributed by atoms with Gasteiger partial charge in [0.1, 0.15) is 5.69 Å². The molecule has 2 heterocycles. The molecule has 0 N–H and O–H groups in total. The fourth-order valence-electron chi connectivity index (χ4n) is 2.38. The molecule has 1 fully saturated rings. The van der Waals surface area contributed by atoms with Crippen molar-refractivity contribution >= 4 is 11.8 Å². The van der Waals surface area contributed by atoms with Gasteiger partial charge in [0.15, 0.2) is 0 Å². The average molecular weight is 289 g/mol. The molecule has 1 aromatic heterocycles. The smallest absolute Gasteiger partial charge is 0.272 e. The zero-order valence-corrected chi connectivity index (χ0v) is 13.0. The maximum absolute atomic E-state index is 12.3. The van der Waals surface area contributed by atoms with Crippen LogP contribution in [0.1, 0.15) is 37.7 Å². The topological polar surface area (TPSA) is 53.5 Å². The van der Waals surface area contributed by atoms with Crippen LogP contribution >= 0.6 is 0 Å². The van der Waals surface area contributed by atoms with Crippen LogP contribution in [-0.4, -0.2) is 52.8 Å². The van der Waals surface area contributed by atoms with Gasteiger partial charge in [-0.05, 0) is 17.5 Å². The first-order chi connectivity index (χ1) is 9.87. The van der Waals surface area contributed by atoms with Gasteiger partial charge in [0.05, 0.1) is 0 Å². The lowest BCUT2D eigenvalue weighted by atomic mass is 9.91. The third-order valence-corrected chi connectivity index (χ3v) is 3.49. The molecule has 2 amide bonds. The first-order valence-electron chi connectivity index (χ1n) is 7.35. The molecular weight excluding hydrogens is 266 g/mol. The van der Waals surface area contributed by atoms with Crippen LogP contribution in [-0.2, 0) is 4.79 Å². The van der Waals surface area contributed by atoms with Crippen molar-refractivity contribution in [2.24, 2.45) is 5.41 Å². The van der Waals surface area contributed by atoms with Crippen LogP contribution < -0.4 is 0 Å². The molecule has 1 aliphatic rings. The second-order valence-electron chi connectivity index (χ2n) is 6.63. The molecule has 0 atom stereocenters. The predicted molar refractivity (Wildman–Crippen MR) is 80.8 cm³/mol. The molecule has 5 nitrogen and oxygen atoms in total. The first kappa shape index (κ1) is 15.5. The van der Waals surface area contributed by atoms with E-state index in [9.17, 15) is 9.59 Å². The second kappa shape index (κ2) is 6.24. The van der Waals surface area contributed by atoms with Crippen LogP contribution in [0.3, 0.4) is 0 Å².